The Morgan fingerprint density at radius 3 is 2.58 bits per heavy atom. The minimum Gasteiger partial charge on any atom is -0.486 e. The van der Waals surface area contributed by atoms with Gasteiger partial charge in [0, 0.05) is 6.54 Å². The summed E-state index contributed by atoms with van der Waals surface area (Å²) in [5.74, 6) is -1.92. The quantitative estimate of drug-likeness (QED) is 0.894. The first-order valence-electron chi connectivity index (χ1n) is 6.00. The van der Waals surface area contributed by atoms with Crippen LogP contribution in [-0.4, -0.2) is 7.05 Å². The zero-order valence-electron chi connectivity index (χ0n) is 10.6. The van der Waals surface area contributed by atoms with Gasteiger partial charge in [0.05, 0.1) is 0 Å². The van der Waals surface area contributed by atoms with Gasteiger partial charge in [-0.3, -0.25) is 0 Å². The lowest BCUT2D eigenvalue weighted by molar-refractivity contribution is 0.284. The summed E-state index contributed by atoms with van der Waals surface area (Å²) in [6, 6.07) is 11.6. The molecule has 0 spiro atoms. The Labute approximate surface area is 111 Å². The molecular weight excluding hydrogens is 248 g/mol. The zero-order valence-corrected chi connectivity index (χ0v) is 10.6. The topological polar surface area (TPSA) is 21.3 Å². The summed E-state index contributed by atoms with van der Waals surface area (Å²) >= 11 is 0. The van der Waals surface area contributed by atoms with Crippen LogP contribution in [0.2, 0.25) is 0 Å². The van der Waals surface area contributed by atoms with E-state index in [1.54, 1.807) is 0 Å². The number of rotatable bonds is 5. The molecule has 0 bridgehead atoms. The summed E-state index contributed by atoms with van der Waals surface area (Å²) in [6.07, 6.45) is 0. The minimum absolute atomic E-state index is 0.0704. The van der Waals surface area contributed by atoms with Crippen molar-refractivity contribution in [1.29, 1.82) is 0 Å². The van der Waals surface area contributed by atoms with Gasteiger partial charge in [-0.2, -0.15) is 4.39 Å². The normalized spacial score (nSPS) is 10.5. The van der Waals surface area contributed by atoms with Crippen LogP contribution < -0.4 is 10.1 Å². The van der Waals surface area contributed by atoms with Gasteiger partial charge in [0.25, 0.3) is 0 Å². The first kappa shape index (κ1) is 13.5. The van der Waals surface area contributed by atoms with Crippen LogP contribution in [0, 0.1) is 11.6 Å². The summed E-state index contributed by atoms with van der Waals surface area (Å²) in [5, 5.41) is 3.05. The first-order chi connectivity index (χ1) is 9.20. The molecule has 0 amide bonds. The van der Waals surface area contributed by atoms with E-state index < -0.39 is 11.6 Å². The number of nitrogens with one attached hydrogen (secondary N) is 1. The average Bonchev–Trinajstić information content (AvgIpc) is 2.41. The fraction of sp³-hybridized carbons (Fsp3) is 0.200. The SMILES string of the molecule is CNCc1cccc(COc2cccc(F)c2F)c1. The maximum atomic E-state index is 13.4. The number of hydrogen-bond acceptors (Lipinski definition) is 2. The fourth-order valence-corrected chi connectivity index (χ4v) is 1.79. The summed E-state index contributed by atoms with van der Waals surface area (Å²) in [6.45, 7) is 0.958. The van der Waals surface area contributed by atoms with Gasteiger partial charge in [-0.1, -0.05) is 30.3 Å². The molecule has 2 rings (SSSR count). The molecule has 0 saturated heterocycles. The molecule has 1 N–H and O–H groups in total. The molecule has 0 atom stereocenters. The Kier molecular flexibility index (Phi) is 4.47. The van der Waals surface area contributed by atoms with Gasteiger partial charge in [-0.25, -0.2) is 4.39 Å². The number of halogens is 2. The number of ether oxygens (including phenoxy) is 1. The van der Waals surface area contributed by atoms with E-state index in [1.807, 2.05) is 31.3 Å². The van der Waals surface area contributed by atoms with Gasteiger partial charge >= 0.3 is 0 Å². The summed E-state index contributed by atoms with van der Waals surface area (Å²) in [5.41, 5.74) is 2.03. The molecule has 2 nitrogen and oxygen atoms in total. The van der Waals surface area contributed by atoms with E-state index >= 15 is 0 Å². The molecule has 0 aliphatic heterocycles. The van der Waals surface area contributed by atoms with E-state index in [4.69, 9.17) is 4.74 Å². The Bertz CT molecular complexity index is 558. The maximum absolute atomic E-state index is 13.4. The molecule has 0 aromatic heterocycles. The van der Waals surface area contributed by atoms with Gasteiger partial charge in [0.1, 0.15) is 6.61 Å². The van der Waals surface area contributed by atoms with Crippen molar-refractivity contribution in [1.82, 2.24) is 5.32 Å². The second kappa shape index (κ2) is 6.29. The third-order valence-corrected chi connectivity index (χ3v) is 2.68. The molecular formula is C15H15F2NO. The van der Waals surface area contributed by atoms with E-state index in [0.717, 1.165) is 23.7 Å². The fourth-order valence-electron chi connectivity index (χ4n) is 1.79. The molecule has 0 heterocycles. The van der Waals surface area contributed by atoms with E-state index in [2.05, 4.69) is 5.32 Å². The number of hydrogen-bond donors (Lipinski definition) is 1. The van der Waals surface area contributed by atoms with Crippen LogP contribution in [0.5, 0.6) is 5.75 Å². The van der Waals surface area contributed by atoms with Crippen molar-refractivity contribution in [2.24, 2.45) is 0 Å². The molecule has 0 aliphatic rings. The first-order valence-corrected chi connectivity index (χ1v) is 6.00. The van der Waals surface area contributed by atoms with Crippen molar-refractivity contribution in [3.05, 3.63) is 65.2 Å². The second-order valence-corrected chi connectivity index (χ2v) is 4.19. The highest BCUT2D eigenvalue weighted by molar-refractivity contribution is 5.27. The molecule has 100 valence electrons. The molecule has 2 aromatic carbocycles. The highest BCUT2D eigenvalue weighted by atomic mass is 19.2. The van der Waals surface area contributed by atoms with Crippen LogP contribution in [0.4, 0.5) is 8.78 Å². The largest absolute Gasteiger partial charge is 0.486 e. The minimum atomic E-state index is -0.950. The predicted octanol–water partition coefficient (Wildman–Crippen LogP) is 3.26. The van der Waals surface area contributed by atoms with Gasteiger partial charge in [0.15, 0.2) is 11.6 Å². The smallest absolute Gasteiger partial charge is 0.200 e. The average molecular weight is 263 g/mol. The molecule has 0 fully saturated rings. The van der Waals surface area contributed by atoms with Gasteiger partial charge in [0.2, 0.25) is 5.82 Å². The third-order valence-electron chi connectivity index (χ3n) is 2.68. The lowest BCUT2D eigenvalue weighted by Gasteiger charge is -2.09. The van der Waals surface area contributed by atoms with Crippen LogP contribution in [-0.2, 0) is 13.2 Å². The van der Waals surface area contributed by atoms with Crippen molar-refractivity contribution < 1.29 is 13.5 Å². The van der Waals surface area contributed by atoms with E-state index in [0.29, 0.717) is 0 Å². The predicted molar refractivity (Wildman–Crippen MR) is 69.9 cm³/mol. The van der Waals surface area contributed by atoms with Gasteiger partial charge < -0.3 is 10.1 Å². The van der Waals surface area contributed by atoms with Crippen molar-refractivity contribution >= 4 is 0 Å². The highest BCUT2D eigenvalue weighted by Crippen LogP contribution is 2.20. The lowest BCUT2D eigenvalue weighted by Crippen LogP contribution is -2.06. The van der Waals surface area contributed by atoms with Gasteiger partial charge in [-0.15, -0.1) is 0 Å². The zero-order chi connectivity index (χ0) is 13.7. The molecule has 0 unspecified atom stereocenters. The Hall–Kier alpha value is -1.94. The standard InChI is InChI=1S/C15H15F2NO/c1-18-9-11-4-2-5-12(8-11)10-19-14-7-3-6-13(16)15(14)17/h2-8,18H,9-10H2,1H3. The molecule has 0 radical (unpaired) electrons. The Morgan fingerprint density at radius 1 is 1.05 bits per heavy atom. The monoisotopic (exact) mass is 263 g/mol. The molecule has 2 aromatic rings. The summed E-state index contributed by atoms with van der Waals surface area (Å²) < 4.78 is 31.7. The second-order valence-electron chi connectivity index (χ2n) is 4.19. The van der Waals surface area contributed by atoms with Crippen LogP contribution in [0.25, 0.3) is 0 Å². The Balaban J connectivity index is 2.06. The summed E-state index contributed by atoms with van der Waals surface area (Å²) in [7, 11) is 1.87. The van der Waals surface area contributed by atoms with Crippen molar-refractivity contribution in [2.45, 2.75) is 13.2 Å². The highest BCUT2D eigenvalue weighted by Gasteiger charge is 2.08. The van der Waals surface area contributed by atoms with E-state index in [1.165, 1.54) is 12.1 Å². The lowest BCUT2D eigenvalue weighted by atomic mass is 10.1. The van der Waals surface area contributed by atoms with Crippen LogP contribution in [0.3, 0.4) is 0 Å². The van der Waals surface area contributed by atoms with Gasteiger partial charge in [-0.05, 0) is 30.3 Å². The van der Waals surface area contributed by atoms with Crippen LogP contribution >= 0.6 is 0 Å². The molecule has 19 heavy (non-hydrogen) atoms. The molecule has 0 saturated carbocycles. The van der Waals surface area contributed by atoms with E-state index in [9.17, 15) is 8.78 Å². The van der Waals surface area contributed by atoms with Crippen molar-refractivity contribution in [3.63, 3.8) is 0 Å². The van der Waals surface area contributed by atoms with E-state index in [-0.39, 0.29) is 12.4 Å². The Morgan fingerprint density at radius 2 is 1.79 bits per heavy atom. The maximum Gasteiger partial charge on any atom is 0.200 e. The molecule has 0 aliphatic carbocycles. The number of benzene rings is 2. The van der Waals surface area contributed by atoms with Crippen molar-refractivity contribution in [3.8, 4) is 5.75 Å². The van der Waals surface area contributed by atoms with Crippen LogP contribution in [0.1, 0.15) is 11.1 Å². The third kappa shape index (κ3) is 3.51. The molecule has 4 heteroatoms. The summed E-state index contributed by atoms with van der Waals surface area (Å²) in [4.78, 5) is 0. The van der Waals surface area contributed by atoms with Crippen LogP contribution in [0.15, 0.2) is 42.5 Å². The van der Waals surface area contributed by atoms with Crippen molar-refractivity contribution in [2.75, 3.05) is 7.05 Å².